The second-order valence-corrected chi connectivity index (χ2v) is 5.74. The smallest absolute Gasteiger partial charge is 0.254 e. The molecule has 1 saturated heterocycles. The van der Waals surface area contributed by atoms with Crippen molar-refractivity contribution in [1.82, 2.24) is 10.2 Å². The van der Waals surface area contributed by atoms with Crippen molar-refractivity contribution in [1.29, 1.82) is 0 Å². The standard InChI is InChI=1S/C16H20F3N3O2/c17-12-7-10(8-13(18)15(12)19)16(24)22-6-2-1-3-11(22)9-21-14(23)4-5-20/h7-8,11H,1-6,9,20H2,(H,21,23). The summed E-state index contributed by atoms with van der Waals surface area (Å²) in [5.41, 5.74) is 5.06. The molecule has 0 spiro atoms. The average molecular weight is 343 g/mol. The van der Waals surface area contributed by atoms with Crippen molar-refractivity contribution in [2.45, 2.75) is 31.7 Å². The monoisotopic (exact) mass is 343 g/mol. The van der Waals surface area contributed by atoms with Crippen LogP contribution in [0.25, 0.3) is 0 Å². The Labute approximate surface area is 138 Å². The van der Waals surface area contributed by atoms with Gasteiger partial charge in [-0.2, -0.15) is 0 Å². The fourth-order valence-corrected chi connectivity index (χ4v) is 2.78. The molecule has 0 saturated carbocycles. The van der Waals surface area contributed by atoms with Crippen molar-refractivity contribution >= 4 is 11.8 Å². The summed E-state index contributed by atoms with van der Waals surface area (Å²) in [6, 6.07) is 1.11. The Hall–Kier alpha value is -2.09. The molecule has 0 radical (unpaired) electrons. The van der Waals surface area contributed by atoms with Crippen LogP contribution in [0.15, 0.2) is 12.1 Å². The number of nitrogens with zero attached hydrogens (tertiary/aromatic N) is 1. The van der Waals surface area contributed by atoms with E-state index in [9.17, 15) is 22.8 Å². The predicted octanol–water partition coefficient (Wildman–Crippen LogP) is 1.56. The van der Waals surface area contributed by atoms with Gasteiger partial charge in [0.2, 0.25) is 5.91 Å². The van der Waals surface area contributed by atoms with Crippen molar-refractivity contribution in [2.24, 2.45) is 5.73 Å². The van der Waals surface area contributed by atoms with Gasteiger partial charge in [0.1, 0.15) is 0 Å². The van der Waals surface area contributed by atoms with E-state index < -0.39 is 23.4 Å². The SMILES string of the molecule is NCCC(=O)NCC1CCCCN1C(=O)c1cc(F)c(F)c(F)c1. The first-order valence-corrected chi connectivity index (χ1v) is 7.86. The summed E-state index contributed by atoms with van der Waals surface area (Å²) in [7, 11) is 0. The largest absolute Gasteiger partial charge is 0.354 e. The topological polar surface area (TPSA) is 75.4 Å². The fourth-order valence-electron chi connectivity index (χ4n) is 2.78. The van der Waals surface area contributed by atoms with Gasteiger partial charge in [-0.25, -0.2) is 13.2 Å². The number of carbonyl (C=O) groups is 2. The lowest BCUT2D eigenvalue weighted by Gasteiger charge is -2.36. The van der Waals surface area contributed by atoms with Crippen LogP contribution < -0.4 is 11.1 Å². The Balaban J connectivity index is 2.11. The Morgan fingerprint density at radius 3 is 2.50 bits per heavy atom. The molecule has 1 aliphatic rings. The Kier molecular flexibility index (Phi) is 6.19. The van der Waals surface area contributed by atoms with Crippen molar-refractivity contribution < 1.29 is 22.8 Å². The zero-order valence-electron chi connectivity index (χ0n) is 13.2. The molecule has 24 heavy (non-hydrogen) atoms. The summed E-state index contributed by atoms with van der Waals surface area (Å²) in [5, 5.41) is 2.70. The molecule has 5 nitrogen and oxygen atoms in total. The Morgan fingerprint density at radius 2 is 1.88 bits per heavy atom. The highest BCUT2D eigenvalue weighted by Gasteiger charge is 2.29. The number of carbonyl (C=O) groups excluding carboxylic acids is 2. The highest BCUT2D eigenvalue weighted by atomic mass is 19.2. The number of halogens is 3. The molecule has 0 aliphatic carbocycles. The lowest BCUT2D eigenvalue weighted by atomic mass is 10.0. The number of nitrogens with one attached hydrogen (secondary N) is 1. The van der Waals surface area contributed by atoms with E-state index in [1.807, 2.05) is 0 Å². The highest BCUT2D eigenvalue weighted by Crippen LogP contribution is 2.21. The molecule has 8 heteroatoms. The summed E-state index contributed by atoms with van der Waals surface area (Å²) < 4.78 is 39.7. The maximum Gasteiger partial charge on any atom is 0.254 e. The number of amides is 2. The number of hydrogen-bond acceptors (Lipinski definition) is 3. The molecule has 0 aromatic heterocycles. The van der Waals surface area contributed by atoms with Gasteiger partial charge in [0.15, 0.2) is 17.5 Å². The number of likely N-dealkylation sites (tertiary alicyclic amines) is 1. The minimum atomic E-state index is -1.60. The highest BCUT2D eigenvalue weighted by molar-refractivity contribution is 5.94. The average Bonchev–Trinajstić information content (AvgIpc) is 2.57. The van der Waals surface area contributed by atoms with Crippen LogP contribution in [-0.2, 0) is 4.79 Å². The van der Waals surface area contributed by atoms with E-state index in [0.29, 0.717) is 25.1 Å². The normalized spacial score (nSPS) is 17.7. The first kappa shape index (κ1) is 18.3. The molecule has 1 unspecified atom stereocenters. The molecule has 1 fully saturated rings. The first-order valence-electron chi connectivity index (χ1n) is 7.86. The Bertz CT molecular complexity index is 602. The van der Waals surface area contributed by atoms with Crippen LogP contribution in [0, 0.1) is 17.5 Å². The summed E-state index contributed by atoms with van der Waals surface area (Å²) in [4.78, 5) is 25.5. The lowest BCUT2D eigenvalue weighted by molar-refractivity contribution is -0.121. The van der Waals surface area contributed by atoms with Crippen molar-refractivity contribution in [2.75, 3.05) is 19.6 Å². The van der Waals surface area contributed by atoms with Gasteiger partial charge in [0, 0.05) is 37.7 Å². The van der Waals surface area contributed by atoms with E-state index in [2.05, 4.69) is 5.32 Å². The molecule has 3 N–H and O–H groups in total. The zero-order valence-corrected chi connectivity index (χ0v) is 13.2. The molecule has 1 heterocycles. The number of benzene rings is 1. The molecule has 1 aromatic carbocycles. The maximum absolute atomic E-state index is 13.3. The van der Waals surface area contributed by atoms with Crippen molar-refractivity contribution in [3.8, 4) is 0 Å². The van der Waals surface area contributed by atoms with Gasteiger partial charge in [0.25, 0.3) is 5.91 Å². The molecule has 1 atom stereocenters. The molecular formula is C16H20F3N3O2. The quantitative estimate of drug-likeness (QED) is 0.797. The van der Waals surface area contributed by atoms with Crippen LogP contribution in [0.1, 0.15) is 36.0 Å². The summed E-state index contributed by atoms with van der Waals surface area (Å²) >= 11 is 0. The third kappa shape index (κ3) is 4.25. The first-order chi connectivity index (χ1) is 11.4. The summed E-state index contributed by atoms with van der Waals surface area (Å²) in [6.45, 7) is 0.890. The molecule has 1 aromatic rings. The minimum Gasteiger partial charge on any atom is -0.354 e. The second-order valence-electron chi connectivity index (χ2n) is 5.74. The zero-order chi connectivity index (χ0) is 17.7. The van der Waals surface area contributed by atoms with Gasteiger partial charge in [-0.15, -0.1) is 0 Å². The molecule has 2 rings (SSSR count). The predicted molar refractivity (Wildman–Crippen MR) is 81.7 cm³/mol. The minimum absolute atomic E-state index is 0.190. The van der Waals surface area contributed by atoms with E-state index in [0.717, 1.165) is 12.8 Å². The van der Waals surface area contributed by atoms with E-state index in [4.69, 9.17) is 5.73 Å². The molecule has 132 valence electrons. The fraction of sp³-hybridized carbons (Fsp3) is 0.500. The third-order valence-electron chi connectivity index (χ3n) is 4.03. The summed E-state index contributed by atoms with van der Waals surface area (Å²) in [5.74, 6) is -5.19. The number of hydrogen-bond donors (Lipinski definition) is 2. The number of nitrogens with two attached hydrogens (primary N) is 1. The summed E-state index contributed by atoms with van der Waals surface area (Å²) in [6.07, 6.45) is 2.49. The molecule has 1 aliphatic heterocycles. The second kappa shape index (κ2) is 8.14. The van der Waals surface area contributed by atoms with Crippen LogP contribution in [0.2, 0.25) is 0 Å². The van der Waals surface area contributed by atoms with Gasteiger partial charge in [0.05, 0.1) is 0 Å². The maximum atomic E-state index is 13.3. The van der Waals surface area contributed by atoms with Crippen LogP contribution in [0.5, 0.6) is 0 Å². The third-order valence-corrected chi connectivity index (χ3v) is 4.03. The molecule has 2 amide bonds. The van der Waals surface area contributed by atoms with E-state index in [1.54, 1.807) is 0 Å². The van der Waals surface area contributed by atoms with Gasteiger partial charge >= 0.3 is 0 Å². The van der Waals surface area contributed by atoms with E-state index >= 15 is 0 Å². The van der Waals surface area contributed by atoms with Gasteiger partial charge in [-0.05, 0) is 31.4 Å². The lowest BCUT2D eigenvalue weighted by Crippen LogP contribution is -2.49. The van der Waals surface area contributed by atoms with E-state index in [1.165, 1.54) is 4.90 Å². The number of rotatable bonds is 5. The van der Waals surface area contributed by atoms with Crippen LogP contribution in [-0.4, -0.2) is 42.4 Å². The van der Waals surface area contributed by atoms with E-state index in [-0.39, 0.29) is 37.0 Å². The van der Waals surface area contributed by atoms with Gasteiger partial charge in [-0.1, -0.05) is 0 Å². The van der Waals surface area contributed by atoms with Crippen molar-refractivity contribution in [3.63, 3.8) is 0 Å². The van der Waals surface area contributed by atoms with Gasteiger partial charge in [-0.3, -0.25) is 9.59 Å². The number of piperidine rings is 1. The van der Waals surface area contributed by atoms with Crippen LogP contribution in [0.3, 0.4) is 0 Å². The van der Waals surface area contributed by atoms with Crippen LogP contribution >= 0.6 is 0 Å². The van der Waals surface area contributed by atoms with Crippen LogP contribution in [0.4, 0.5) is 13.2 Å². The Morgan fingerprint density at radius 1 is 1.21 bits per heavy atom. The molecule has 0 bridgehead atoms. The van der Waals surface area contributed by atoms with Crippen molar-refractivity contribution in [3.05, 3.63) is 35.1 Å². The van der Waals surface area contributed by atoms with Gasteiger partial charge < -0.3 is 16.0 Å². The molecular weight excluding hydrogens is 323 g/mol.